The first kappa shape index (κ1) is 15.0. The molecule has 0 unspecified atom stereocenters. The first-order valence-electron chi connectivity index (χ1n) is 7.39. The minimum Gasteiger partial charge on any atom is -0.338 e. The minimum atomic E-state index is -0.534. The fourth-order valence-electron chi connectivity index (χ4n) is 2.67. The predicted molar refractivity (Wildman–Crippen MR) is 81.2 cm³/mol. The number of nitrogens with zero attached hydrogens (tertiary/aromatic N) is 2. The van der Waals surface area contributed by atoms with Crippen molar-refractivity contribution in [3.63, 3.8) is 0 Å². The standard InChI is InChI=1S/C16H25N3O/c1-13(2)12-18-8-10-19(11-9-18)16(20)15(17)14-6-4-3-5-7-14/h3-7,13,15H,8-12,17H2,1-2H3/t15-/m0/s1. The van der Waals surface area contributed by atoms with E-state index in [9.17, 15) is 4.79 Å². The van der Waals surface area contributed by atoms with Crippen molar-refractivity contribution < 1.29 is 4.79 Å². The first-order valence-corrected chi connectivity index (χ1v) is 7.39. The lowest BCUT2D eigenvalue weighted by Crippen LogP contribution is -2.51. The largest absolute Gasteiger partial charge is 0.338 e. The van der Waals surface area contributed by atoms with E-state index in [0.29, 0.717) is 5.92 Å². The molecule has 4 heteroatoms. The van der Waals surface area contributed by atoms with E-state index in [0.717, 1.165) is 38.3 Å². The lowest BCUT2D eigenvalue weighted by molar-refractivity contribution is -0.134. The van der Waals surface area contributed by atoms with Crippen LogP contribution in [0.5, 0.6) is 0 Å². The molecule has 20 heavy (non-hydrogen) atoms. The van der Waals surface area contributed by atoms with Crippen molar-refractivity contribution in [1.82, 2.24) is 9.80 Å². The average molecular weight is 275 g/mol. The molecule has 1 aliphatic heterocycles. The highest BCUT2D eigenvalue weighted by Gasteiger charge is 2.26. The van der Waals surface area contributed by atoms with E-state index in [2.05, 4.69) is 18.7 Å². The molecule has 2 rings (SSSR count). The van der Waals surface area contributed by atoms with Crippen molar-refractivity contribution in [2.45, 2.75) is 19.9 Å². The number of carbonyl (C=O) groups excluding carboxylic acids is 1. The van der Waals surface area contributed by atoms with Crippen molar-refractivity contribution in [3.05, 3.63) is 35.9 Å². The summed E-state index contributed by atoms with van der Waals surface area (Å²) in [6.45, 7) is 9.02. The second kappa shape index (κ2) is 6.86. The normalized spacial score (nSPS) is 18.3. The summed E-state index contributed by atoms with van der Waals surface area (Å²) in [6.07, 6.45) is 0. The third-order valence-corrected chi connectivity index (χ3v) is 3.73. The Morgan fingerprint density at radius 2 is 1.75 bits per heavy atom. The van der Waals surface area contributed by atoms with Gasteiger partial charge in [-0.1, -0.05) is 44.2 Å². The second-order valence-electron chi connectivity index (χ2n) is 5.91. The Balaban J connectivity index is 1.89. The second-order valence-corrected chi connectivity index (χ2v) is 5.91. The van der Waals surface area contributed by atoms with Crippen LogP contribution < -0.4 is 5.73 Å². The number of rotatable bonds is 4. The lowest BCUT2D eigenvalue weighted by Gasteiger charge is -2.36. The van der Waals surface area contributed by atoms with Gasteiger partial charge in [-0.3, -0.25) is 9.69 Å². The minimum absolute atomic E-state index is 0.0420. The Labute approximate surface area is 121 Å². The quantitative estimate of drug-likeness (QED) is 0.905. The number of hydrogen-bond donors (Lipinski definition) is 1. The van der Waals surface area contributed by atoms with Crippen LogP contribution in [0.25, 0.3) is 0 Å². The van der Waals surface area contributed by atoms with Crippen LogP contribution in [-0.2, 0) is 4.79 Å². The molecule has 1 fully saturated rings. The first-order chi connectivity index (χ1) is 9.58. The van der Waals surface area contributed by atoms with Gasteiger partial charge >= 0.3 is 0 Å². The zero-order valence-electron chi connectivity index (χ0n) is 12.5. The van der Waals surface area contributed by atoms with E-state index in [-0.39, 0.29) is 5.91 Å². The monoisotopic (exact) mass is 275 g/mol. The maximum absolute atomic E-state index is 12.4. The molecule has 1 aromatic rings. The van der Waals surface area contributed by atoms with E-state index in [1.165, 1.54) is 0 Å². The highest BCUT2D eigenvalue weighted by Crippen LogP contribution is 2.14. The van der Waals surface area contributed by atoms with E-state index >= 15 is 0 Å². The number of nitrogens with two attached hydrogens (primary N) is 1. The van der Waals surface area contributed by atoms with E-state index < -0.39 is 6.04 Å². The van der Waals surface area contributed by atoms with E-state index in [1.807, 2.05) is 35.2 Å². The van der Waals surface area contributed by atoms with Crippen molar-refractivity contribution in [2.75, 3.05) is 32.7 Å². The number of hydrogen-bond acceptors (Lipinski definition) is 3. The van der Waals surface area contributed by atoms with Crippen molar-refractivity contribution in [1.29, 1.82) is 0 Å². The van der Waals surface area contributed by atoms with Crippen molar-refractivity contribution in [3.8, 4) is 0 Å². The Hall–Kier alpha value is -1.39. The van der Waals surface area contributed by atoms with Crippen LogP contribution in [-0.4, -0.2) is 48.4 Å². The van der Waals surface area contributed by atoms with Gasteiger partial charge in [0.05, 0.1) is 0 Å². The van der Waals surface area contributed by atoms with Gasteiger partial charge in [0.1, 0.15) is 6.04 Å². The maximum atomic E-state index is 12.4. The maximum Gasteiger partial charge on any atom is 0.244 e. The summed E-state index contributed by atoms with van der Waals surface area (Å²) < 4.78 is 0. The van der Waals surface area contributed by atoms with Crippen LogP contribution in [0.15, 0.2) is 30.3 Å². The molecular formula is C16H25N3O. The number of benzene rings is 1. The fourth-order valence-corrected chi connectivity index (χ4v) is 2.67. The third-order valence-electron chi connectivity index (χ3n) is 3.73. The smallest absolute Gasteiger partial charge is 0.244 e. The van der Waals surface area contributed by atoms with Gasteiger partial charge in [0.15, 0.2) is 0 Å². The van der Waals surface area contributed by atoms with Crippen molar-refractivity contribution >= 4 is 5.91 Å². The SMILES string of the molecule is CC(C)CN1CCN(C(=O)[C@@H](N)c2ccccc2)CC1. The topological polar surface area (TPSA) is 49.6 Å². The van der Waals surface area contributed by atoms with Crippen LogP contribution in [0.3, 0.4) is 0 Å². The van der Waals surface area contributed by atoms with Gasteiger partial charge in [0.2, 0.25) is 5.91 Å². The molecule has 1 heterocycles. The fraction of sp³-hybridized carbons (Fsp3) is 0.562. The van der Waals surface area contributed by atoms with Gasteiger partial charge in [0.25, 0.3) is 0 Å². The van der Waals surface area contributed by atoms with Gasteiger partial charge in [-0.05, 0) is 11.5 Å². The molecule has 0 saturated carbocycles. The van der Waals surface area contributed by atoms with Gasteiger partial charge in [-0.15, -0.1) is 0 Å². The zero-order chi connectivity index (χ0) is 14.5. The molecule has 1 amide bonds. The molecule has 0 radical (unpaired) electrons. The molecule has 0 spiro atoms. The Morgan fingerprint density at radius 1 is 1.15 bits per heavy atom. The van der Waals surface area contributed by atoms with Gasteiger partial charge in [-0.25, -0.2) is 0 Å². The zero-order valence-corrected chi connectivity index (χ0v) is 12.5. The lowest BCUT2D eigenvalue weighted by atomic mass is 10.1. The van der Waals surface area contributed by atoms with Crippen LogP contribution in [0.1, 0.15) is 25.5 Å². The molecule has 1 aliphatic rings. The number of carbonyl (C=O) groups is 1. The average Bonchev–Trinajstić information content (AvgIpc) is 2.47. The Morgan fingerprint density at radius 3 is 2.30 bits per heavy atom. The van der Waals surface area contributed by atoms with Gasteiger partial charge in [-0.2, -0.15) is 0 Å². The molecule has 0 bridgehead atoms. The van der Waals surface area contributed by atoms with E-state index in [4.69, 9.17) is 5.73 Å². The summed E-state index contributed by atoms with van der Waals surface area (Å²) in [5, 5.41) is 0. The van der Waals surface area contributed by atoms with Crippen LogP contribution >= 0.6 is 0 Å². The molecular weight excluding hydrogens is 250 g/mol. The van der Waals surface area contributed by atoms with Gasteiger partial charge in [0, 0.05) is 32.7 Å². The van der Waals surface area contributed by atoms with Gasteiger partial charge < -0.3 is 10.6 Å². The van der Waals surface area contributed by atoms with Crippen LogP contribution in [0, 0.1) is 5.92 Å². The molecule has 1 aromatic carbocycles. The predicted octanol–water partition coefficient (Wildman–Crippen LogP) is 1.49. The molecule has 2 N–H and O–H groups in total. The Kier molecular flexibility index (Phi) is 5.15. The molecule has 1 saturated heterocycles. The summed E-state index contributed by atoms with van der Waals surface area (Å²) in [5.74, 6) is 0.712. The number of amides is 1. The van der Waals surface area contributed by atoms with E-state index in [1.54, 1.807) is 0 Å². The Bertz CT molecular complexity index is 425. The third kappa shape index (κ3) is 3.81. The highest BCUT2D eigenvalue weighted by atomic mass is 16.2. The molecule has 4 nitrogen and oxygen atoms in total. The summed E-state index contributed by atoms with van der Waals surface area (Å²) in [7, 11) is 0. The molecule has 0 aromatic heterocycles. The summed E-state index contributed by atoms with van der Waals surface area (Å²) in [4.78, 5) is 16.7. The number of piperazine rings is 1. The molecule has 0 aliphatic carbocycles. The van der Waals surface area contributed by atoms with Crippen LogP contribution in [0.4, 0.5) is 0 Å². The van der Waals surface area contributed by atoms with Crippen LogP contribution in [0.2, 0.25) is 0 Å². The summed E-state index contributed by atoms with van der Waals surface area (Å²) in [6, 6.07) is 9.07. The summed E-state index contributed by atoms with van der Waals surface area (Å²) >= 11 is 0. The molecule has 1 atom stereocenters. The summed E-state index contributed by atoms with van der Waals surface area (Å²) in [5.41, 5.74) is 6.97. The highest BCUT2D eigenvalue weighted by molar-refractivity contribution is 5.83. The van der Waals surface area contributed by atoms with Crippen molar-refractivity contribution in [2.24, 2.45) is 11.7 Å². The molecule has 110 valence electrons.